The van der Waals surface area contributed by atoms with E-state index in [9.17, 15) is 14.4 Å². The highest BCUT2D eigenvalue weighted by molar-refractivity contribution is 5.92. The van der Waals surface area contributed by atoms with E-state index in [1.54, 1.807) is 24.3 Å². The molecule has 5 fully saturated rings. The molecule has 2 aromatic carbocycles. The van der Waals surface area contributed by atoms with Gasteiger partial charge >= 0.3 is 11.9 Å². The molecule has 208 valence electrons. The summed E-state index contributed by atoms with van der Waals surface area (Å²) >= 11 is 0. The van der Waals surface area contributed by atoms with Crippen molar-refractivity contribution in [3.05, 3.63) is 96.1 Å². The summed E-state index contributed by atoms with van der Waals surface area (Å²) < 4.78 is 12.1. The quantitative estimate of drug-likeness (QED) is 0.371. The molecule has 2 bridgehead atoms. The topological polar surface area (TPSA) is 69.7 Å². The molecule has 40 heavy (non-hydrogen) atoms. The summed E-state index contributed by atoms with van der Waals surface area (Å²) in [6.45, 7) is 11.4. The van der Waals surface area contributed by atoms with Gasteiger partial charge in [-0.15, -0.1) is 0 Å². The molecule has 0 N–H and O–H groups in total. The lowest BCUT2D eigenvalue weighted by Crippen LogP contribution is -2.66. The van der Waals surface area contributed by atoms with Gasteiger partial charge in [0.1, 0.15) is 5.78 Å². The molecule has 5 saturated carbocycles. The van der Waals surface area contributed by atoms with Crippen molar-refractivity contribution in [1.82, 2.24) is 0 Å². The first-order valence-corrected chi connectivity index (χ1v) is 14.6. The van der Waals surface area contributed by atoms with E-state index < -0.39 is 16.2 Å². The maximum atomic E-state index is 14.2. The highest BCUT2D eigenvalue weighted by Crippen LogP contribution is 2.72. The molecule has 2 unspecified atom stereocenters. The molecular weight excluding hydrogens is 500 g/mol. The van der Waals surface area contributed by atoms with E-state index in [1.807, 2.05) is 36.4 Å². The van der Waals surface area contributed by atoms with Crippen LogP contribution in [0, 0.1) is 34.0 Å². The first-order chi connectivity index (χ1) is 19.2. The minimum atomic E-state index is -0.638. The molecule has 0 aromatic heterocycles. The monoisotopic (exact) mass is 538 g/mol. The van der Waals surface area contributed by atoms with Gasteiger partial charge in [0.15, 0.2) is 0 Å². The molecule has 0 radical (unpaired) electrons. The summed E-state index contributed by atoms with van der Waals surface area (Å²) in [5, 5.41) is 0. The van der Waals surface area contributed by atoms with Crippen LogP contribution in [0.5, 0.6) is 0 Å². The van der Waals surface area contributed by atoms with Crippen LogP contribution >= 0.6 is 0 Å². The first-order valence-electron chi connectivity index (χ1n) is 14.6. The van der Waals surface area contributed by atoms with Gasteiger partial charge in [-0.3, -0.25) is 4.79 Å². The fraction of sp³-hybridized carbons (Fsp3) is 0.457. The van der Waals surface area contributed by atoms with Gasteiger partial charge in [0.25, 0.3) is 0 Å². The largest absolute Gasteiger partial charge is 0.462 e. The van der Waals surface area contributed by atoms with Crippen molar-refractivity contribution in [2.24, 2.45) is 34.0 Å². The van der Waals surface area contributed by atoms with Crippen LogP contribution in [-0.2, 0) is 14.3 Å². The molecule has 0 amide bonds. The molecule has 0 heterocycles. The molecule has 5 aliphatic rings. The Morgan fingerprint density at radius 1 is 0.850 bits per heavy atom. The van der Waals surface area contributed by atoms with Crippen molar-refractivity contribution < 1.29 is 23.9 Å². The van der Waals surface area contributed by atoms with Gasteiger partial charge in [-0.2, -0.15) is 0 Å². The van der Waals surface area contributed by atoms with Crippen molar-refractivity contribution >= 4 is 17.7 Å². The molecule has 5 nitrogen and oxygen atoms in total. The van der Waals surface area contributed by atoms with Crippen LogP contribution in [0.15, 0.2) is 85.0 Å². The van der Waals surface area contributed by atoms with Crippen LogP contribution in [0.4, 0.5) is 0 Å². The van der Waals surface area contributed by atoms with E-state index in [2.05, 4.69) is 20.1 Å². The number of allylic oxidation sites excluding steroid dienone is 2. The zero-order chi connectivity index (χ0) is 28.1. The molecule has 7 rings (SSSR count). The Morgan fingerprint density at radius 2 is 1.45 bits per heavy atom. The van der Waals surface area contributed by atoms with Gasteiger partial charge in [-0.1, -0.05) is 62.9 Å². The van der Waals surface area contributed by atoms with E-state index in [0.717, 1.165) is 49.7 Å². The Morgan fingerprint density at radius 3 is 2.08 bits per heavy atom. The van der Waals surface area contributed by atoms with Crippen molar-refractivity contribution in [3.63, 3.8) is 0 Å². The fourth-order valence-corrected chi connectivity index (χ4v) is 8.91. The predicted octanol–water partition coefficient (Wildman–Crippen LogP) is 6.99. The second-order valence-corrected chi connectivity index (χ2v) is 12.8. The Hall–Kier alpha value is -3.47. The smallest absolute Gasteiger partial charge is 0.338 e. The SMILES string of the molecule is C=C1C(=C)[C@]23CC[C@H]1CC2[C@]1(COC(=O)c2ccccc2)CCC[C@@](C)(COC(=O)c2ccccc2)C1CC3=O. The van der Waals surface area contributed by atoms with Crippen LogP contribution in [0.3, 0.4) is 0 Å². The van der Waals surface area contributed by atoms with Gasteiger partial charge in [0.2, 0.25) is 0 Å². The predicted molar refractivity (Wildman–Crippen MR) is 152 cm³/mol. The van der Waals surface area contributed by atoms with E-state index in [0.29, 0.717) is 23.5 Å². The van der Waals surface area contributed by atoms with Gasteiger partial charge in [-0.05, 0) is 85.3 Å². The highest BCUT2D eigenvalue weighted by atomic mass is 16.5. The summed E-state index contributed by atoms with van der Waals surface area (Å²) in [4.78, 5) is 40.4. The molecule has 0 aliphatic heterocycles. The molecule has 2 aromatic rings. The first kappa shape index (κ1) is 26.7. The van der Waals surface area contributed by atoms with E-state index in [-0.39, 0.29) is 42.8 Å². The average molecular weight is 539 g/mol. The third-order valence-corrected chi connectivity index (χ3v) is 11.0. The number of rotatable bonds is 6. The van der Waals surface area contributed by atoms with E-state index in [1.165, 1.54) is 0 Å². The van der Waals surface area contributed by atoms with Gasteiger partial charge in [0.05, 0.1) is 29.8 Å². The second kappa shape index (κ2) is 9.87. The highest BCUT2D eigenvalue weighted by Gasteiger charge is 2.70. The lowest BCUT2D eigenvalue weighted by atomic mass is 9.35. The molecule has 6 atom stereocenters. The van der Waals surface area contributed by atoms with Crippen LogP contribution < -0.4 is 0 Å². The molecular formula is C35H38O5. The minimum Gasteiger partial charge on any atom is -0.462 e. The Labute approximate surface area is 236 Å². The second-order valence-electron chi connectivity index (χ2n) is 12.8. The maximum Gasteiger partial charge on any atom is 0.338 e. The third kappa shape index (κ3) is 4.00. The zero-order valence-corrected chi connectivity index (χ0v) is 23.3. The third-order valence-electron chi connectivity index (χ3n) is 11.0. The average Bonchev–Trinajstić information content (AvgIpc) is 2.99. The summed E-state index contributed by atoms with van der Waals surface area (Å²) in [5.41, 5.74) is 1.50. The molecule has 5 aliphatic carbocycles. The Balaban J connectivity index is 1.35. The number of ether oxygens (including phenoxy) is 2. The molecule has 5 heteroatoms. The lowest BCUT2D eigenvalue weighted by molar-refractivity contribution is -0.192. The normalized spacial score (nSPS) is 34.5. The molecule has 0 saturated heterocycles. The van der Waals surface area contributed by atoms with Gasteiger partial charge in [-0.25, -0.2) is 9.59 Å². The number of hydrogen-bond donors (Lipinski definition) is 0. The number of esters is 2. The summed E-state index contributed by atoms with van der Waals surface area (Å²) in [7, 11) is 0. The minimum absolute atomic E-state index is 0.0241. The molecule has 1 spiro atoms. The number of hydrogen-bond acceptors (Lipinski definition) is 5. The van der Waals surface area contributed by atoms with Crippen LogP contribution in [0.25, 0.3) is 0 Å². The van der Waals surface area contributed by atoms with Crippen molar-refractivity contribution in [2.45, 2.75) is 51.9 Å². The van der Waals surface area contributed by atoms with Crippen molar-refractivity contribution in [3.8, 4) is 0 Å². The van der Waals surface area contributed by atoms with Gasteiger partial charge < -0.3 is 9.47 Å². The number of benzene rings is 2. The zero-order valence-electron chi connectivity index (χ0n) is 23.3. The van der Waals surface area contributed by atoms with E-state index >= 15 is 0 Å². The van der Waals surface area contributed by atoms with E-state index in [4.69, 9.17) is 9.47 Å². The summed E-state index contributed by atoms with van der Waals surface area (Å²) in [6.07, 6.45) is 5.61. The maximum absolute atomic E-state index is 14.2. The van der Waals surface area contributed by atoms with Crippen LogP contribution in [0.1, 0.15) is 72.6 Å². The summed E-state index contributed by atoms with van der Waals surface area (Å²) in [5.74, 6) is -0.211. The van der Waals surface area contributed by atoms with Crippen molar-refractivity contribution in [1.29, 1.82) is 0 Å². The Kier molecular flexibility index (Phi) is 6.59. The fourth-order valence-electron chi connectivity index (χ4n) is 8.91. The Bertz CT molecular complexity index is 1360. The van der Waals surface area contributed by atoms with Crippen LogP contribution in [0.2, 0.25) is 0 Å². The summed E-state index contributed by atoms with van der Waals surface area (Å²) in [6, 6.07) is 18.1. The number of carbonyl (C=O) groups is 3. The van der Waals surface area contributed by atoms with Crippen molar-refractivity contribution in [2.75, 3.05) is 13.2 Å². The number of fused-ring (bicyclic) bond motifs is 3. The van der Waals surface area contributed by atoms with Crippen LogP contribution in [-0.4, -0.2) is 30.9 Å². The number of ketones is 1. The lowest BCUT2D eigenvalue weighted by Gasteiger charge is -2.68. The van der Waals surface area contributed by atoms with Gasteiger partial charge in [0, 0.05) is 17.3 Å². The number of Topliss-reactive ketones (excluding diaryl/α,β-unsaturated/α-hetero) is 1. The number of carbonyl (C=O) groups excluding carboxylic acids is 3. The standard InChI is InChI=1S/C35H38O5/c1-23-24(2)35-18-15-27(23)19-29(35)34(22-40-32(38)26-13-8-5-9-14-26)17-10-16-33(3,28(34)20-30(35)36)21-39-31(37)25-11-6-4-7-12-25/h4-9,11-14,27-29H,1-2,10,15-22H2,3H3/t27-,28?,29?,33-,34-,35+/m0/s1.